The number of pyridine rings is 1. The highest BCUT2D eigenvalue weighted by Crippen LogP contribution is 2.56. The van der Waals surface area contributed by atoms with E-state index in [1.54, 1.807) is 0 Å². The quantitative estimate of drug-likeness (QED) is 0.551. The first-order valence-corrected chi connectivity index (χ1v) is 8.09. The lowest BCUT2D eigenvalue weighted by Gasteiger charge is -2.32. The van der Waals surface area contributed by atoms with Crippen molar-refractivity contribution in [2.24, 2.45) is 0 Å². The smallest absolute Gasteiger partial charge is 0.0786 e. The molecular formula is C20H14ClN. The van der Waals surface area contributed by atoms with Crippen LogP contribution in [0.1, 0.15) is 29.9 Å². The molecule has 2 heteroatoms. The van der Waals surface area contributed by atoms with Crippen molar-refractivity contribution in [3.63, 3.8) is 0 Å². The Hall–Kier alpha value is -2.12. The first-order valence-electron chi connectivity index (χ1n) is 7.71. The number of fused-ring (bicyclic) bond motifs is 6. The molecule has 22 heavy (non-hydrogen) atoms. The van der Waals surface area contributed by atoms with Crippen molar-refractivity contribution in [3.05, 3.63) is 70.9 Å². The summed E-state index contributed by atoms with van der Waals surface area (Å²) in [6.45, 7) is 0. The summed E-state index contributed by atoms with van der Waals surface area (Å²) in [5, 5.41) is 2.05. The number of halogens is 1. The van der Waals surface area contributed by atoms with Gasteiger partial charge in [0.05, 0.1) is 5.52 Å². The SMILES string of the molecule is Clc1cccc(-c2cc3c(c4cccnc24)C2=CCCC23)c1. The molecule has 1 unspecified atom stereocenters. The zero-order valence-corrected chi connectivity index (χ0v) is 12.8. The predicted molar refractivity (Wildman–Crippen MR) is 92.1 cm³/mol. The van der Waals surface area contributed by atoms with Gasteiger partial charge in [-0.2, -0.15) is 0 Å². The first-order chi connectivity index (χ1) is 10.8. The highest BCUT2D eigenvalue weighted by atomic mass is 35.5. The largest absolute Gasteiger partial charge is 0.256 e. The van der Waals surface area contributed by atoms with Crippen LogP contribution in [-0.4, -0.2) is 4.98 Å². The molecule has 2 aliphatic carbocycles. The maximum atomic E-state index is 6.19. The third kappa shape index (κ3) is 1.57. The van der Waals surface area contributed by atoms with Crippen LogP contribution in [0.5, 0.6) is 0 Å². The van der Waals surface area contributed by atoms with Crippen LogP contribution in [0.25, 0.3) is 27.6 Å². The number of allylic oxidation sites excluding steroid dienone is 2. The van der Waals surface area contributed by atoms with Gasteiger partial charge in [-0.25, -0.2) is 0 Å². The summed E-state index contributed by atoms with van der Waals surface area (Å²) in [5.74, 6) is 0.637. The third-order valence-corrected chi connectivity index (χ3v) is 5.15. The molecule has 0 radical (unpaired) electrons. The summed E-state index contributed by atoms with van der Waals surface area (Å²) >= 11 is 6.19. The van der Waals surface area contributed by atoms with Crippen molar-refractivity contribution in [2.75, 3.05) is 0 Å². The molecule has 1 heterocycles. The molecule has 5 rings (SSSR count). The van der Waals surface area contributed by atoms with Crippen LogP contribution in [0.4, 0.5) is 0 Å². The predicted octanol–water partition coefficient (Wildman–Crippen LogP) is 5.83. The van der Waals surface area contributed by atoms with Crippen LogP contribution in [0.2, 0.25) is 5.02 Å². The van der Waals surface area contributed by atoms with Gasteiger partial charge in [-0.1, -0.05) is 35.9 Å². The molecule has 2 aliphatic rings. The minimum Gasteiger partial charge on any atom is -0.256 e. The normalized spacial score (nSPS) is 18.6. The van der Waals surface area contributed by atoms with Gasteiger partial charge in [0.25, 0.3) is 0 Å². The maximum Gasteiger partial charge on any atom is 0.0786 e. The molecule has 1 atom stereocenters. The summed E-state index contributed by atoms with van der Waals surface area (Å²) in [6, 6.07) is 14.6. The lowest BCUT2D eigenvalue weighted by Crippen LogP contribution is -2.13. The van der Waals surface area contributed by atoms with Crippen LogP contribution < -0.4 is 0 Å². The zero-order valence-electron chi connectivity index (χ0n) is 12.0. The van der Waals surface area contributed by atoms with E-state index in [9.17, 15) is 0 Å². The summed E-state index contributed by atoms with van der Waals surface area (Å²) < 4.78 is 0. The molecule has 3 aromatic rings. The Bertz CT molecular complexity index is 955. The second-order valence-electron chi connectivity index (χ2n) is 6.09. The third-order valence-electron chi connectivity index (χ3n) is 4.92. The minimum atomic E-state index is 0.637. The Morgan fingerprint density at radius 3 is 2.95 bits per heavy atom. The van der Waals surface area contributed by atoms with Gasteiger partial charge in [-0.3, -0.25) is 4.98 Å². The summed E-state index contributed by atoms with van der Waals surface area (Å²) in [4.78, 5) is 4.67. The number of aromatic nitrogens is 1. The Morgan fingerprint density at radius 2 is 2.05 bits per heavy atom. The molecular weight excluding hydrogens is 290 g/mol. The highest BCUT2D eigenvalue weighted by Gasteiger charge is 2.36. The average molecular weight is 304 g/mol. The van der Waals surface area contributed by atoms with Gasteiger partial charge in [0.15, 0.2) is 0 Å². The van der Waals surface area contributed by atoms with Crippen molar-refractivity contribution < 1.29 is 0 Å². The summed E-state index contributed by atoms with van der Waals surface area (Å²) in [5.41, 5.74) is 7.87. The molecule has 0 fully saturated rings. The summed E-state index contributed by atoms with van der Waals surface area (Å²) in [6.07, 6.45) is 6.73. The molecule has 0 saturated carbocycles. The van der Waals surface area contributed by atoms with E-state index in [1.165, 1.54) is 40.5 Å². The molecule has 0 aliphatic heterocycles. The van der Waals surface area contributed by atoms with Crippen LogP contribution >= 0.6 is 11.6 Å². The molecule has 0 spiro atoms. The van der Waals surface area contributed by atoms with Gasteiger partial charge in [0.2, 0.25) is 0 Å². The fourth-order valence-electron chi connectivity index (χ4n) is 3.97. The zero-order chi connectivity index (χ0) is 14.7. The molecule has 0 amide bonds. The number of rotatable bonds is 1. The van der Waals surface area contributed by atoms with Crippen LogP contribution in [0.3, 0.4) is 0 Å². The fourth-order valence-corrected chi connectivity index (χ4v) is 4.16. The van der Waals surface area contributed by atoms with Crippen molar-refractivity contribution in [1.29, 1.82) is 0 Å². The number of benzene rings is 2. The van der Waals surface area contributed by atoms with Gasteiger partial charge in [0, 0.05) is 28.1 Å². The van der Waals surface area contributed by atoms with Crippen molar-refractivity contribution in [1.82, 2.24) is 4.98 Å². The van der Waals surface area contributed by atoms with E-state index in [-0.39, 0.29) is 0 Å². The average Bonchev–Trinajstić information content (AvgIpc) is 2.94. The number of hydrogen-bond acceptors (Lipinski definition) is 1. The van der Waals surface area contributed by atoms with Gasteiger partial charge < -0.3 is 0 Å². The molecule has 0 saturated heterocycles. The van der Waals surface area contributed by atoms with Crippen LogP contribution in [0, 0.1) is 0 Å². The van der Waals surface area contributed by atoms with Gasteiger partial charge in [-0.15, -0.1) is 0 Å². The van der Waals surface area contributed by atoms with E-state index >= 15 is 0 Å². The van der Waals surface area contributed by atoms with Crippen molar-refractivity contribution in [2.45, 2.75) is 18.8 Å². The van der Waals surface area contributed by atoms with E-state index in [2.05, 4.69) is 29.3 Å². The molecule has 1 aromatic heterocycles. The molecule has 0 N–H and O–H groups in total. The topological polar surface area (TPSA) is 12.9 Å². The monoisotopic (exact) mass is 303 g/mol. The van der Waals surface area contributed by atoms with E-state index in [1.807, 2.05) is 30.5 Å². The van der Waals surface area contributed by atoms with E-state index in [0.717, 1.165) is 16.1 Å². The first kappa shape index (κ1) is 12.4. The molecule has 0 bridgehead atoms. The van der Waals surface area contributed by atoms with Gasteiger partial charge in [-0.05, 0) is 59.4 Å². The Kier molecular flexibility index (Phi) is 2.51. The second-order valence-corrected chi connectivity index (χ2v) is 6.52. The molecule has 2 aromatic carbocycles. The fraction of sp³-hybridized carbons (Fsp3) is 0.150. The van der Waals surface area contributed by atoms with Crippen LogP contribution in [-0.2, 0) is 0 Å². The summed E-state index contributed by atoms with van der Waals surface area (Å²) in [7, 11) is 0. The van der Waals surface area contributed by atoms with E-state index in [4.69, 9.17) is 11.6 Å². The van der Waals surface area contributed by atoms with Crippen molar-refractivity contribution in [3.8, 4) is 11.1 Å². The minimum absolute atomic E-state index is 0.637. The van der Waals surface area contributed by atoms with Crippen LogP contribution in [0.15, 0.2) is 54.7 Å². The van der Waals surface area contributed by atoms with E-state index in [0.29, 0.717) is 5.92 Å². The lowest BCUT2D eigenvalue weighted by atomic mass is 9.71. The van der Waals surface area contributed by atoms with Gasteiger partial charge in [0.1, 0.15) is 0 Å². The standard InChI is InChI=1S/C20H14ClN/c21-13-5-1-4-12(10-13)17-11-18-14-6-2-7-15(14)19(18)16-8-3-9-22-20(16)17/h1,3-5,7-11,14H,2,6H2. The molecule has 106 valence electrons. The van der Waals surface area contributed by atoms with E-state index < -0.39 is 0 Å². The Labute approximate surface area is 134 Å². The maximum absolute atomic E-state index is 6.19. The number of nitrogens with zero attached hydrogens (tertiary/aromatic N) is 1. The number of hydrogen-bond donors (Lipinski definition) is 0. The second kappa shape index (κ2) is 4.44. The molecule has 1 nitrogen and oxygen atoms in total. The van der Waals surface area contributed by atoms with Crippen molar-refractivity contribution >= 4 is 28.1 Å². The van der Waals surface area contributed by atoms with Gasteiger partial charge >= 0.3 is 0 Å². The lowest BCUT2D eigenvalue weighted by molar-refractivity contribution is 0.781. The Morgan fingerprint density at radius 1 is 1.09 bits per heavy atom. The highest BCUT2D eigenvalue weighted by molar-refractivity contribution is 6.31. The Balaban J connectivity index is 1.86.